The lowest BCUT2D eigenvalue weighted by Crippen LogP contribution is -2.40. The van der Waals surface area contributed by atoms with Gasteiger partial charge in [0.15, 0.2) is 0 Å². The highest BCUT2D eigenvalue weighted by atomic mass is 35.5. The lowest BCUT2D eigenvalue weighted by atomic mass is 10.1. The van der Waals surface area contributed by atoms with E-state index >= 15 is 0 Å². The average molecular weight is 370 g/mol. The van der Waals surface area contributed by atoms with Crippen molar-refractivity contribution in [3.05, 3.63) is 81.4 Å². The van der Waals surface area contributed by atoms with Crippen LogP contribution in [0.4, 0.5) is 0 Å². The van der Waals surface area contributed by atoms with Crippen molar-refractivity contribution in [2.24, 2.45) is 0 Å². The first-order valence-electron chi connectivity index (χ1n) is 8.53. The number of nitrogens with zero attached hydrogens (tertiary/aromatic N) is 3. The van der Waals surface area contributed by atoms with Gasteiger partial charge >= 0.3 is 0 Å². The first kappa shape index (κ1) is 18.1. The minimum absolute atomic E-state index is 0.0466. The smallest absolute Gasteiger partial charge is 0.270 e. The van der Waals surface area contributed by atoms with E-state index in [1.165, 1.54) is 10.6 Å². The number of fused-ring (bicyclic) bond motifs is 1. The summed E-state index contributed by atoms with van der Waals surface area (Å²) in [7, 11) is 0. The molecule has 0 saturated heterocycles. The van der Waals surface area contributed by atoms with Crippen molar-refractivity contribution in [1.82, 2.24) is 14.3 Å². The molecule has 3 aromatic rings. The summed E-state index contributed by atoms with van der Waals surface area (Å²) in [5, 5.41) is 0.599. The third-order valence-electron chi connectivity index (χ3n) is 4.53. The van der Waals surface area contributed by atoms with Crippen molar-refractivity contribution < 1.29 is 4.79 Å². The highest BCUT2D eigenvalue weighted by molar-refractivity contribution is 6.31. The van der Waals surface area contributed by atoms with Crippen LogP contribution in [0.2, 0.25) is 5.02 Å². The Morgan fingerprint density at radius 2 is 1.96 bits per heavy atom. The fourth-order valence-corrected chi connectivity index (χ4v) is 2.98. The second kappa shape index (κ2) is 7.70. The topological polar surface area (TPSA) is 54.7 Å². The van der Waals surface area contributed by atoms with Gasteiger partial charge in [-0.05, 0) is 37.1 Å². The summed E-state index contributed by atoms with van der Waals surface area (Å²) in [6.45, 7) is 4.30. The predicted octanol–water partition coefficient (Wildman–Crippen LogP) is 3.79. The van der Waals surface area contributed by atoms with E-state index in [1.54, 1.807) is 35.4 Å². The molecule has 0 fully saturated rings. The fraction of sp³-hybridized carbons (Fsp3) is 0.250. The monoisotopic (exact) mass is 369 g/mol. The van der Waals surface area contributed by atoms with E-state index in [0.29, 0.717) is 17.2 Å². The van der Waals surface area contributed by atoms with Gasteiger partial charge < -0.3 is 4.90 Å². The lowest BCUT2D eigenvalue weighted by Gasteiger charge is -2.29. The van der Waals surface area contributed by atoms with E-state index in [4.69, 9.17) is 11.6 Å². The summed E-state index contributed by atoms with van der Waals surface area (Å²) in [5.41, 5.74) is 1.04. The van der Waals surface area contributed by atoms with E-state index in [1.807, 2.05) is 32.0 Å². The zero-order valence-electron chi connectivity index (χ0n) is 14.7. The molecule has 0 aliphatic heterocycles. The number of carbonyl (C=O) groups is 1. The molecular formula is C20H20ClN3O2. The molecule has 0 spiro atoms. The quantitative estimate of drug-likeness (QED) is 0.687. The Labute approximate surface area is 156 Å². The van der Waals surface area contributed by atoms with Gasteiger partial charge in [0, 0.05) is 30.0 Å². The van der Waals surface area contributed by atoms with Gasteiger partial charge in [0.25, 0.3) is 11.5 Å². The number of amides is 1. The first-order valence-corrected chi connectivity index (χ1v) is 8.91. The number of carbonyl (C=O) groups excluding carboxylic acids is 1. The maximum Gasteiger partial charge on any atom is 0.270 e. The fourth-order valence-electron chi connectivity index (χ4n) is 2.79. The zero-order chi connectivity index (χ0) is 18.7. The molecule has 134 valence electrons. The Hall–Kier alpha value is -2.66. The van der Waals surface area contributed by atoms with Crippen LogP contribution in [0.1, 0.15) is 36.2 Å². The summed E-state index contributed by atoms with van der Waals surface area (Å²) in [4.78, 5) is 31.8. The summed E-state index contributed by atoms with van der Waals surface area (Å²) in [5.74, 6) is -0.338. The molecule has 26 heavy (non-hydrogen) atoms. The number of halogens is 1. The number of hydrogen-bond acceptors (Lipinski definition) is 3. The second-order valence-corrected chi connectivity index (χ2v) is 6.59. The normalized spacial score (nSPS) is 12.1. The van der Waals surface area contributed by atoms with Gasteiger partial charge in [0.05, 0.1) is 0 Å². The number of benzene rings is 1. The average Bonchev–Trinajstić information content (AvgIpc) is 2.67. The Morgan fingerprint density at radius 3 is 2.69 bits per heavy atom. The number of aromatic nitrogens is 2. The molecular weight excluding hydrogens is 350 g/mol. The summed E-state index contributed by atoms with van der Waals surface area (Å²) < 4.78 is 1.39. The Bertz CT molecular complexity index is 1000. The third kappa shape index (κ3) is 3.48. The molecule has 1 amide bonds. The maximum atomic E-state index is 13.2. The molecule has 0 saturated carbocycles. The molecule has 5 nitrogen and oxygen atoms in total. The maximum absolute atomic E-state index is 13.2. The third-order valence-corrected chi connectivity index (χ3v) is 4.89. The van der Waals surface area contributed by atoms with Crippen LogP contribution in [0.15, 0.2) is 59.7 Å². The van der Waals surface area contributed by atoms with Gasteiger partial charge in [-0.1, -0.05) is 42.8 Å². The van der Waals surface area contributed by atoms with Crippen molar-refractivity contribution in [1.29, 1.82) is 0 Å². The van der Waals surface area contributed by atoms with Crippen LogP contribution in [-0.2, 0) is 6.54 Å². The Kier molecular flexibility index (Phi) is 5.38. The van der Waals surface area contributed by atoms with Crippen molar-refractivity contribution in [3.8, 4) is 0 Å². The predicted molar refractivity (Wildman–Crippen MR) is 103 cm³/mol. The largest absolute Gasteiger partial charge is 0.331 e. The highest BCUT2D eigenvalue weighted by Crippen LogP contribution is 2.20. The van der Waals surface area contributed by atoms with Gasteiger partial charge in [-0.25, -0.2) is 4.98 Å². The van der Waals surface area contributed by atoms with Gasteiger partial charge in [0.2, 0.25) is 0 Å². The van der Waals surface area contributed by atoms with Crippen LogP contribution in [0, 0.1) is 0 Å². The molecule has 3 rings (SSSR count). The van der Waals surface area contributed by atoms with Gasteiger partial charge in [-0.15, -0.1) is 0 Å². The Balaban J connectivity index is 2.02. The van der Waals surface area contributed by atoms with E-state index < -0.39 is 0 Å². The standard InChI is InChI=1S/C20H20ClN3O2/c1-3-14(2)24(13-15-8-4-5-9-17(15)21)20(26)16-12-22-18-10-6-7-11-23(18)19(16)25/h4-12,14H,3,13H2,1-2H3. The van der Waals surface area contributed by atoms with Crippen molar-refractivity contribution >= 4 is 23.2 Å². The molecule has 0 bridgehead atoms. The van der Waals surface area contributed by atoms with E-state index in [9.17, 15) is 9.59 Å². The molecule has 1 unspecified atom stereocenters. The highest BCUT2D eigenvalue weighted by Gasteiger charge is 2.24. The van der Waals surface area contributed by atoms with Crippen molar-refractivity contribution in [3.63, 3.8) is 0 Å². The summed E-state index contributed by atoms with van der Waals surface area (Å²) in [6, 6.07) is 12.6. The zero-order valence-corrected chi connectivity index (χ0v) is 15.5. The second-order valence-electron chi connectivity index (χ2n) is 6.19. The number of pyridine rings is 1. The SMILES string of the molecule is CCC(C)N(Cc1ccccc1Cl)C(=O)c1cnc2ccccn2c1=O. The minimum Gasteiger partial charge on any atom is -0.331 e. The van der Waals surface area contributed by atoms with Gasteiger partial charge in [-0.3, -0.25) is 14.0 Å². The van der Waals surface area contributed by atoms with Crippen LogP contribution >= 0.6 is 11.6 Å². The molecule has 6 heteroatoms. The molecule has 0 aliphatic carbocycles. The van der Waals surface area contributed by atoms with Crippen LogP contribution in [0.5, 0.6) is 0 Å². The molecule has 1 atom stereocenters. The van der Waals surface area contributed by atoms with Crippen LogP contribution in [-0.4, -0.2) is 26.2 Å². The van der Waals surface area contributed by atoms with Crippen molar-refractivity contribution in [2.75, 3.05) is 0 Å². The molecule has 2 heterocycles. The van der Waals surface area contributed by atoms with E-state index in [2.05, 4.69) is 4.98 Å². The molecule has 1 aromatic carbocycles. The molecule has 0 aliphatic rings. The van der Waals surface area contributed by atoms with Crippen LogP contribution < -0.4 is 5.56 Å². The lowest BCUT2D eigenvalue weighted by molar-refractivity contribution is 0.0669. The Morgan fingerprint density at radius 1 is 1.23 bits per heavy atom. The van der Waals surface area contributed by atoms with E-state index in [-0.39, 0.29) is 23.1 Å². The number of hydrogen-bond donors (Lipinski definition) is 0. The minimum atomic E-state index is -0.368. The summed E-state index contributed by atoms with van der Waals surface area (Å²) >= 11 is 6.26. The molecule has 0 N–H and O–H groups in total. The van der Waals surface area contributed by atoms with Gasteiger partial charge in [0.1, 0.15) is 11.2 Å². The molecule has 2 aromatic heterocycles. The first-order chi connectivity index (χ1) is 12.5. The van der Waals surface area contributed by atoms with Crippen LogP contribution in [0.25, 0.3) is 5.65 Å². The van der Waals surface area contributed by atoms with E-state index in [0.717, 1.165) is 12.0 Å². The number of rotatable bonds is 5. The van der Waals surface area contributed by atoms with Gasteiger partial charge in [-0.2, -0.15) is 0 Å². The summed E-state index contributed by atoms with van der Waals surface area (Å²) in [6.07, 6.45) is 3.74. The van der Waals surface area contributed by atoms with Crippen LogP contribution in [0.3, 0.4) is 0 Å². The molecule has 0 radical (unpaired) electrons. The van der Waals surface area contributed by atoms with Crippen molar-refractivity contribution in [2.45, 2.75) is 32.9 Å².